The number of para-hydroxylation sites is 1. The van der Waals surface area contributed by atoms with E-state index in [4.69, 9.17) is 4.52 Å². The van der Waals surface area contributed by atoms with Crippen molar-refractivity contribution in [3.8, 4) is 17.1 Å². The second-order valence-corrected chi connectivity index (χ2v) is 6.60. The molecule has 0 amide bonds. The number of ether oxygens (including phenoxy) is 1. The van der Waals surface area contributed by atoms with Gasteiger partial charge in [-0.25, -0.2) is 0 Å². The van der Waals surface area contributed by atoms with Crippen LogP contribution in [-0.2, 0) is 13.1 Å². The number of hydrogen-bond donors (Lipinski definition) is 0. The van der Waals surface area contributed by atoms with E-state index in [2.05, 4.69) is 30.8 Å². The minimum atomic E-state index is -2.92. The average molecular weight is 424 g/mol. The number of hydrogen-bond acceptors (Lipinski definition) is 5. The van der Waals surface area contributed by atoms with Crippen LogP contribution in [0.15, 0.2) is 57.5 Å². The Kier molecular flexibility index (Phi) is 5.95. The lowest BCUT2D eigenvalue weighted by molar-refractivity contribution is -0.0494. The van der Waals surface area contributed by atoms with E-state index < -0.39 is 6.61 Å². The summed E-state index contributed by atoms with van der Waals surface area (Å²) < 4.78 is 35.8. The Balaban J connectivity index is 1.69. The van der Waals surface area contributed by atoms with Gasteiger partial charge in [0.05, 0.1) is 12.1 Å². The molecule has 0 fully saturated rings. The SMILES string of the molecule is CN(Cc1ccc(Br)cc1)Cc1nc(-c2ccccc2OC(F)F)no1. The summed E-state index contributed by atoms with van der Waals surface area (Å²) in [4.78, 5) is 6.31. The molecular formula is C18H16BrF2N3O2. The highest BCUT2D eigenvalue weighted by atomic mass is 79.9. The van der Waals surface area contributed by atoms with Gasteiger partial charge in [-0.05, 0) is 36.9 Å². The maximum absolute atomic E-state index is 12.5. The monoisotopic (exact) mass is 423 g/mol. The third-order valence-corrected chi connectivity index (χ3v) is 4.11. The Hall–Kier alpha value is -2.32. The lowest BCUT2D eigenvalue weighted by Gasteiger charge is -2.14. The molecule has 3 aromatic rings. The van der Waals surface area contributed by atoms with Crippen LogP contribution in [0.2, 0.25) is 0 Å². The molecule has 26 heavy (non-hydrogen) atoms. The van der Waals surface area contributed by atoms with Crippen molar-refractivity contribution in [2.75, 3.05) is 7.05 Å². The van der Waals surface area contributed by atoms with Crippen molar-refractivity contribution in [3.63, 3.8) is 0 Å². The Bertz CT molecular complexity index is 856. The molecule has 0 saturated carbocycles. The fourth-order valence-corrected chi connectivity index (χ4v) is 2.73. The van der Waals surface area contributed by atoms with Crippen molar-refractivity contribution in [2.45, 2.75) is 19.7 Å². The molecule has 1 heterocycles. The first kappa shape index (κ1) is 18.5. The van der Waals surface area contributed by atoms with Gasteiger partial charge in [0.25, 0.3) is 0 Å². The first-order chi connectivity index (χ1) is 12.5. The molecule has 0 aliphatic rings. The molecule has 0 atom stereocenters. The number of rotatable bonds is 7. The van der Waals surface area contributed by atoms with Crippen LogP contribution in [0.25, 0.3) is 11.4 Å². The molecule has 0 bridgehead atoms. The van der Waals surface area contributed by atoms with Gasteiger partial charge in [0.1, 0.15) is 5.75 Å². The Labute approximate surface area is 157 Å². The molecule has 8 heteroatoms. The number of benzene rings is 2. The van der Waals surface area contributed by atoms with E-state index in [9.17, 15) is 8.78 Å². The van der Waals surface area contributed by atoms with Gasteiger partial charge >= 0.3 is 6.61 Å². The third kappa shape index (κ3) is 4.86. The summed E-state index contributed by atoms with van der Waals surface area (Å²) in [6.07, 6.45) is 0. The van der Waals surface area contributed by atoms with Crippen LogP contribution in [0, 0.1) is 0 Å². The fraction of sp³-hybridized carbons (Fsp3) is 0.222. The quantitative estimate of drug-likeness (QED) is 0.549. The Morgan fingerprint density at radius 1 is 1.12 bits per heavy atom. The molecule has 0 aliphatic heterocycles. The normalized spacial score (nSPS) is 11.3. The zero-order valence-corrected chi connectivity index (χ0v) is 15.5. The molecule has 1 aromatic heterocycles. The van der Waals surface area contributed by atoms with Gasteiger partial charge in [-0.1, -0.05) is 45.4 Å². The summed E-state index contributed by atoms with van der Waals surface area (Å²) in [7, 11) is 1.93. The van der Waals surface area contributed by atoms with Crippen LogP contribution in [-0.4, -0.2) is 28.7 Å². The summed E-state index contributed by atoms with van der Waals surface area (Å²) in [5, 5.41) is 3.88. The summed E-state index contributed by atoms with van der Waals surface area (Å²) in [5.41, 5.74) is 1.50. The fourth-order valence-electron chi connectivity index (χ4n) is 2.47. The molecule has 136 valence electrons. The predicted octanol–water partition coefficient (Wildman–Crippen LogP) is 4.73. The minimum Gasteiger partial charge on any atom is -0.434 e. The largest absolute Gasteiger partial charge is 0.434 e. The Morgan fingerprint density at radius 2 is 1.85 bits per heavy atom. The van der Waals surface area contributed by atoms with Crippen molar-refractivity contribution in [2.24, 2.45) is 0 Å². The van der Waals surface area contributed by atoms with Crippen LogP contribution in [0.1, 0.15) is 11.5 Å². The molecular weight excluding hydrogens is 408 g/mol. The Morgan fingerprint density at radius 3 is 2.58 bits per heavy atom. The molecule has 0 N–H and O–H groups in total. The standard InChI is InChI=1S/C18H16BrF2N3O2/c1-24(10-12-6-8-13(19)9-7-12)11-16-22-17(23-26-16)14-4-2-3-5-15(14)25-18(20)21/h2-9,18H,10-11H2,1H3. The predicted molar refractivity (Wildman–Crippen MR) is 95.7 cm³/mol. The third-order valence-electron chi connectivity index (χ3n) is 3.58. The topological polar surface area (TPSA) is 51.4 Å². The second kappa shape index (κ2) is 8.37. The lowest BCUT2D eigenvalue weighted by Crippen LogP contribution is -2.17. The maximum atomic E-state index is 12.5. The molecule has 5 nitrogen and oxygen atoms in total. The smallest absolute Gasteiger partial charge is 0.387 e. The van der Waals surface area contributed by atoms with Crippen molar-refractivity contribution in [1.82, 2.24) is 15.0 Å². The van der Waals surface area contributed by atoms with Gasteiger partial charge in [-0.2, -0.15) is 13.8 Å². The van der Waals surface area contributed by atoms with E-state index >= 15 is 0 Å². The van der Waals surface area contributed by atoms with Crippen LogP contribution >= 0.6 is 15.9 Å². The van der Waals surface area contributed by atoms with E-state index in [1.807, 2.05) is 36.2 Å². The van der Waals surface area contributed by atoms with Gasteiger partial charge in [0.15, 0.2) is 0 Å². The van der Waals surface area contributed by atoms with Crippen LogP contribution < -0.4 is 4.74 Å². The van der Waals surface area contributed by atoms with Gasteiger partial charge in [0, 0.05) is 11.0 Å². The molecule has 0 saturated heterocycles. The van der Waals surface area contributed by atoms with Gasteiger partial charge in [-0.15, -0.1) is 0 Å². The molecule has 0 aliphatic carbocycles. The van der Waals surface area contributed by atoms with Crippen molar-refractivity contribution in [3.05, 3.63) is 64.5 Å². The number of alkyl halides is 2. The zero-order chi connectivity index (χ0) is 18.5. The summed E-state index contributed by atoms with van der Waals surface area (Å²) in [6.45, 7) is -1.78. The van der Waals surface area contributed by atoms with Crippen LogP contribution in [0.4, 0.5) is 8.78 Å². The number of aromatic nitrogens is 2. The number of nitrogens with zero attached hydrogens (tertiary/aromatic N) is 3. The lowest BCUT2D eigenvalue weighted by atomic mass is 10.2. The van der Waals surface area contributed by atoms with Gasteiger partial charge < -0.3 is 9.26 Å². The molecule has 2 aromatic carbocycles. The maximum Gasteiger partial charge on any atom is 0.387 e. The summed E-state index contributed by atoms with van der Waals surface area (Å²) >= 11 is 3.41. The van der Waals surface area contributed by atoms with Crippen molar-refractivity contribution in [1.29, 1.82) is 0 Å². The molecule has 0 radical (unpaired) electrons. The highest BCUT2D eigenvalue weighted by Crippen LogP contribution is 2.29. The van der Waals surface area contributed by atoms with Crippen molar-refractivity contribution >= 4 is 15.9 Å². The van der Waals surface area contributed by atoms with Crippen molar-refractivity contribution < 1.29 is 18.0 Å². The van der Waals surface area contributed by atoms with Crippen LogP contribution in [0.5, 0.6) is 5.75 Å². The second-order valence-electron chi connectivity index (χ2n) is 5.69. The molecule has 0 unspecified atom stereocenters. The van der Waals surface area contributed by atoms with Gasteiger partial charge in [-0.3, -0.25) is 4.90 Å². The van der Waals surface area contributed by atoms with Crippen LogP contribution in [0.3, 0.4) is 0 Å². The van der Waals surface area contributed by atoms with Gasteiger partial charge in [0.2, 0.25) is 11.7 Å². The van der Waals surface area contributed by atoms with E-state index in [1.54, 1.807) is 18.2 Å². The van der Waals surface area contributed by atoms with E-state index in [0.29, 0.717) is 24.5 Å². The summed E-state index contributed by atoms with van der Waals surface area (Å²) in [6, 6.07) is 14.4. The van der Waals surface area contributed by atoms with E-state index in [1.165, 1.54) is 6.07 Å². The first-order valence-electron chi connectivity index (χ1n) is 7.81. The average Bonchev–Trinajstić information content (AvgIpc) is 3.05. The minimum absolute atomic E-state index is 0.0121. The number of halogens is 3. The highest BCUT2D eigenvalue weighted by molar-refractivity contribution is 9.10. The van der Waals surface area contributed by atoms with E-state index in [0.717, 1.165) is 10.0 Å². The first-order valence-corrected chi connectivity index (χ1v) is 8.60. The zero-order valence-electron chi connectivity index (χ0n) is 13.9. The van der Waals surface area contributed by atoms with E-state index in [-0.39, 0.29) is 11.6 Å². The summed E-state index contributed by atoms with van der Waals surface area (Å²) in [5.74, 6) is 0.623. The molecule has 0 spiro atoms. The highest BCUT2D eigenvalue weighted by Gasteiger charge is 2.16. The molecule has 3 rings (SSSR count).